The second kappa shape index (κ2) is 6.58. The van der Waals surface area contributed by atoms with Crippen molar-refractivity contribution in [2.45, 2.75) is 6.10 Å². The van der Waals surface area contributed by atoms with Gasteiger partial charge in [-0.3, -0.25) is 0 Å². The van der Waals surface area contributed by atoms with Crippen LogP contribution in [0, 0.1) is 0 Å². The van der Waals surface area contributed by atoms with Crippen LogP contribution in [-0.2, 0) is 9.53 Å². The maximum atomic E-state index is 10.7. The number of benzene rings is 1. The number of esters is 1. The van der Waals surface area contributed by atoms with Crippen LogP contribution < -0.4 is 0 Å². The molecule has 0 heterocycles. The van der Waals surface area contributed by atoms with Gasteiger partial charge in [0.15, 0.2) is 0 Å². The summed E-state index contributed by atoms with van der Waals surface area (Å²) >= 11 is 0. The minimum Gasteiger partial charge on any atom is -0.466 e. The number of aliphatic hydroxyl groups excluding tert-OH is 1. The van der Waals surface area contributed by atoms with Crippen molar-refractivity contribution in [2.24, 2.45) is 0 Å². The molecule has 0 amide bonds. The second-order valence-corrected chi connectivity index (χ2v) is 3.12. The van der Waals surface area contributed by atoms with Gasteiger partial charge in [0, 0.05) is 6.08 Å². The lowest BCUT2D eigenvalue weighted by molar-refractivity contribution is -0.134. The first-order valence-electron chi connectivity index (χ1n) is 4.90. The van der Waals surface area contributed by atoms with Crippen LogP contribution in [0.4, 0.5) is 0 Å². The average Bonchev–Trinajstić information content (AvgIpc) is 2.35. The Morgan fingerprint density at radius 1 is 1.31 bits per heavy atom. The van der Waals surface area contributed by atoms with Gasteiger partial charge < -0.3 is 9.84 Å². The van der Waals surface area contributed by atoms with E-state index in [2.05, 4.69) is 4.74 Å². The topological polar surface area (TPSA) is 46.5 Å². The maximum absolute atomic E-state index is 10.7. The summed E-state index contributed by atoms with van der Waals surface area (Å²) in [4.78, 5) is 10.7. The van der Waals surface area contributed by atoms with Gasteiger partial charge in [0.2, 0.25) is 0 Å². The van der Waals surface area contributed by atoms with Crippen LogP contribution in [0.5, 0.6) is 0 Å². The van der Waals surface area contributed by atoms with Crippen LogP contribution >= 0.6 is 0 Å². The number of rotatable bonds is 4. The summed E-state index contributed by atoms with van der Waals surface area (Å²) < 4.78 is 4.42. The van der Waals surface area contributed by atoms with E-state index in [-0.39, 0.29) is 0 Å². The average molecular weight is 218 g/mol. The lowest BCUT2D eigenvalue weighted by Gasteiger charge is -2.03. The highest BCUT2D eigenvalue weighted by atomic mass is 16.5. The predicted molar refractivity (Wildman–Crippen MR) is 61.7 cm³/mol. The Bertz CT molecular complexity index is 379. The van der Waals surface area contributed by atoms with Gasteiger partial charge in [-0.25, -0.2) is 4.79 Å². The van der Waals surface area contributed by atoms with E-state index in [1.54, 1.807) is 12.2 Å². The van der Waals surface area contributed by atoms with E-state index in [0.717, 1.165) is 5.56 Å². The Morgan fingerprint density at radius 3 is 2.62 bits per heavy atom. The summed E-state index contributed by atoms with van der Waals surface area (Å²) in [5.74, 6) is -0.418. The van der Waals surface area contributed by atoms with Crippen molar-refractivity contribution in [3.8, 4) is 0 Å². The van der Waals surface area contributed by atoms with Crippen molar-refractivity contribution in [1.29, 1.82) is 0 Å². The van der Waals surface area contributed by atoms with Gasteiger partial charge in [-0.05, 0) is 5.56 Å². The predicted octanol–water partition coefficient (Wildman–Crippen LogP) is 2.01. The van der Waals surface area contributed by atoms with Gasteiger partial charge in [0.25, 0.3) is 0 Å². The van der Waals surface area contributed by atoms with E-state index >= 15 is 0 Å². The molecule has 1 rings (SSSR count). The van der Waals surface area contributed by atoms with Crippen LogP contribution in [0.3, 0.4) is 0 Å². The van der Waals surface area contributed by atoms with Gasteiger partial charge in [-0.1, -0.05) is 48.6 Å². The monoisotopic (exact) mass is 218 g/mol. The van der Waals surface area contributed by atoms with E-state index in [9.17, 15) is 9.90 Å². The molecule has 0 aromatic heterocycles. The van der Waals surface area contributed by atoms with Gasteiger partial charge in [-0.15, -0.1) is 0 Å². The van der Waals surface area contributed by atoms with Crippen molar-refractivity contribution in [2.75, 3.05) is 7.11 Å². The van der Waals surface area contributed by atoms with Crippen LogP contribution in [-0.4, -0.2) is 18.2 Å². The highest BCUT2D eigenvalue weighted by molar-refractivity contribution is 5.82. The normalized spacial score (nSPS) is 13.1. The minimum atomic E-state index is -0.663. The summed E-state index contributed by atoms with van der Waals surface area (Å²) in [5.41, 5.74) is 0.810. The second-order valence-electron chi connectivity index (χ2n) is 3.12. The molecule has 0 saturated carbocycles. The fourth-order valence-electron chi connectivity index (χ4n) is 1.13. The quantitative estimate of drug-likeness (QED) is 0.477. The molecule has 0 fully saturated rings. The zero-order valence-electron chi connectivity index (χ0n) is 9.04. The number of carbonyl (C=O) groups excluding carboxylic acids is 1. The summed E-state index contributed by atoms with van der Waals surface area (Å²) in [6.07, 6.45) is 5.35. The molecule has 1 atom stereocenters. The number of hydrogen-bond acceptors (Lipinski definition) is 3. The summed E-state index contributed by atoms with van der Waals surface area (Å²) in [6.45, 7) is 0. The fourth-order valence-corrected chi connectivity index (χ4v) is 1.13. The van der Waals surface area contributed by atoms with Crippen LogP contribution in [0.2, 0.25) is 0 Å². The Labute approximate surface area is 94.7 Å². The van der Waals surface area contributed by atoms with Crippen molar-refractivity contribution < 1.29 is 14.6 Å². The van der Waals surface area contributed by atoms with Crippen molar-refractivity contribution >= 4 is 5.97 Å². The summed E-state index contributed by atoms with van der Waals surface area (Å²) in [5, 5.41) is 9.71. The number of carbonyl (C=O) groups is 1. The first-order chi connectivity index (χ1) is 7.74. The molecule has 0 bridgehead atoms. The molecule has 0 aliphatic carbocycles. The van der Waals surface area contributed by atoms with E-state index in [1.165, 1.54) is 19.3 Å². The molecule has 1 aromatic carbocycles. The highest BCUT2D eigenvalue weighted by Crippen LogP contribution is 2.12. The fraction of sp³-hybridized carbons (Fsp3) is 0.154. The SMILES string of the molecule is COC(=O)/C=C/C=C/[C@@H](O)c1ccccc1. The molecule has 0 spiro atoms. The lowest BCUT2D eigenvalue weighted by atomic mass is 10.1. The molecule has 16 heavy (non-hydrogen) atoms. The first-order valence-corrected chi connectivity index (χ1v) is 4.90. The molecule has 1 N–H and O–H groups in total. The molecule has 84 valence electrons. The van der Waals surface area contributed by atoms with Gasteiger partial charge in [0.05, 0.1) is 13.2 Å². The van der Waals surface area contributed by atoms with Gasteiger partial charge in [-0.2, -0.15) is 0 Å². The first kappa shape index (κ1) is 12.2. The standard InChI is InChI=1S/C13H14O3/c1-16-13(15)10-6-5-9-12(14)11-7-3-2-4-8-11/h2-10,12,14H,1H3/b9-5+,10-6+/t12-/m1/s1. The van der Waals surface area contributed by atoms with Gasteiger partial charge in [0.1, 0.15) is 0 Å². The molecule has 0 unspecified atom stereocenters. The number of hydrogen-bond donors (Lipinski definition) is 1. The minimum absolute atomic E-state index is 0.418. The lowest BCUT2D eigenvalue weighted by Crippen LogP contribution is -1.93. The van der Waals surface area contributed by atoms with E-state index < -0.39 is 12.1 Å². The Morgan fingerprint density at radius 2 is 2.00 bits per heavy atom. The smallest absolute Gasteiger partial charge is 0.330 e. The third-order valence-corrected chi connectivity index (χ3v) is 1.98. The maximum Gasteiger partial charge on any atom is 0.330 e. The zero-order chi connectivity index (χ0) is 11.8. The highest BCUT2D eigenvalue weighted by Gasteiger charge is 1.99. The molecule has 3 heteroatoms. The number of methoxy groups -OCH3 is 1. The van der Waals surface area contributed by atoms with E-state index in [0.29, 0.717) is 0 Å². The number of aliphatic hydroxyl groups is 1. The van der Waals surface area contributed by atoms with Crippen LogP contribution in [0.15, 0.2) is 54.6 Å². The van der Waals surface area contributed by atoms with Crippen LogP contribution in [0.1, 0.15) is 11.7 Å². The summed E-state index contributed by atoms with van der Waals surface area (Å²) in [6, 6.07) is 9.27. The Kier molecular flexibility index (Phi) is 5.02. The Hall–Kier alpha value is -1.87. The van der Waals surface area contributed by atoms with Crippen molar-refractivity contribution in [3.63, 3.8) is 0 Å². The molecular formula is C13H14O3. The van der Waals surface area contributed by atoms with Crippen molar-refractivity contribution in [1.82, 2.24) is 0 Å². The van der Waals surface area contributed by atoms with Gasteiger partial charge >= 0.3 is 5.97 Å². The third kappa shape index (κ3) is 4.11. The molecule has 1 aromatic rings. The number of allylic oxidation sites excluding steroid dienone is 2. The Balaban J connectivity index is 2.52. The van der Waals surface area contributed by atoms with E-state index in [4.69, 9.17) is 0 Å². The molecular weight excluding hydrogens is 204 g/mol. The molecule has 3 nitrogen and oxygen atoms in total. The third-order valence-electron chi connectivity index (χ3n) is 1.98. The zero-order valence-corrected chi connectivity index (χ0v) is 9.04. The van der Waals surface area contributed by atoms with E-state index in [1.807, 2.05) is 30.3 Å². The molecule has 0 radical (unpaired) electrons. The molecule has 0 aliphatic heterocycles. The largest absolute Gasteiger partial charge is 0.466 e. The molecule has 0 saturated heterocycles. The molecule has 0 aliphatic rings. The van der Waals surface area contributed by atoms with Crippen molar-refractivity contribution in [3.05, 3.63) is 60.2 Å². The number of ether oxygens (including phenoxy) is 1. The summed E-state index contributed by atoms with van der Waals surface area (Å²) in [7, 11) is 1.31. The van der Waals surface area contributed by atoms with Crippen LogP contribution in [0.25, 0.3) is 0 Å².